The predicted octanol–water partition coefficient (Wildman–Crippen LogP) is 3.13. The predicted molar refractivity (Wildman–Crippen MR) is 71.5 cm³/mol. The van der Waals surface area contributed by atoms with Gasteiger partial charge in [0.15, 0.2) is 0 Å². The zero-order valence-corrected chi connectivity index (χ0v) is 12.2. The molecule has 5 heteroatoms. The molecule has 1 rings (SSSR count). The summed E-state index contributed by atoms with van der Waals surface area (Å²) in [7, 11) is -4.38. The molecule has 1 aliphatic rings. The van der Waals surface area contributed by atoms with Gasteiger partial charge in [-0.1, -0.05) is 37.6 Å². The molecule has 104 valence electrons. The summed E-state index contributed by atoms with van der Waals surface area (Å²) in [6.07, 6.45) is 7.40. The highest BCUT2D eigenvalue weighted by Gasteiger charge is 2.30. The van der Waals surface area contributed by atoms with Crippen molar-refractivity contribution >= 4 is 10.4 Å². The molecule has 0 heterocycles. The normalized spacial score (nSPS) is 26.1. The van der Waals surface area contributed by atoms with E-state index in [0.29, 0.717) is 0 Å². The third-order valence-electron chi connectivity index (χ3n) is 3.44. The molecule has 4 nitrogen and oxygen atoms in total. The first-order valence-corrected chi connectivity index (χ1v) is 7.49. The Morgan fingerprint density at radius 3 is 2.67 bits per heavy atom. The van der Waals surface area contributed by atoms with Crippen molar-refractivity contribution in [1.82, 2.24) is 0 Å². The van der Waals surface area contributed by atoms with Crippen LogP contribution in [-0.4, -0.2) is 19.1 Å². The summed E-state index contributed by atoms with van der Waals surface area (Å²) in [6.45, 7) is 8.07. The van der Waals surface area contributed by atoms with Gasteiger partial charge in [0.25, 0.3) is 0 Å². The highest BCUT2D eigenvalue weighted by molar-refractivity contribution is 7.80. The van der Waals surface area contributed by atoms with Gasteiger partial charge < -0.3 is 0 Å². The molecular formula is C13H22O4S. The van der Waals surface area contributed by atoms with Crippen molar-refractivity contribution in [1.29, 1.82) is 0 Å². The Morgan fingerprint density at radius 2 is 2.17 bits per heavy atom. The van der Waals surface area contributed by atoms with Gasteiger partial charge in [-0.05, 0) is 32.1 Å². The third-order valence-corrected chi connectivity index (χ3v) is 3.98. The molecule has 1 aliphatic carbocycles. The monoisotopic (exact) mass is 274 g/mol. The molecule has 0 bridgehead atoms. The molecule has 0 spiro atoms. The maximum absolute atomic E-state index is 10.6. The van der Waals surface area contributed by atoms with Crippen molar-refractivity contribution < 1.29 is 17.2 Å². The van der Waals surface area contributed by atoms with Crippen molar-refractivity contribution in [2.45, 2.75) is 46.6 Å². The fourth-order valence-electron chi connectivity index (χ4n) is 2.47. The number of hydrogen-bond acceptors (Lipinski definition) is 3. The molecule has 2 unspecified atom stereocenters. The Balaban J connectivity index is 2.76. The molecule has 0 aromatic rings. The number of allylic oxidation sites excluding steroid dienone is 3. The lowest BCUT2D eigenvalue weighted by molar-refractivity contribution is 0.229. The first-order chi connectivity index (χ1) is 8.12. The van der Waals surface area contributed by atoms with E-state index in [4.69, 9.17) is 4.55 Å². The molecule has 2 atom stereocenters. The van der Waals surface area contributed by atoms with Crippen LogP contribution < -0.4 is 0 Å². The summed E-state index contributed by atoms with van der Waals surface area (Å²) in [5, 5.41) is 0. The van der Waals surface area contributed by atoms with E-state index in [1.165, 1.54) is 5.57 Å². The van der Waals surface area contributed by atoms with Crippen molar-refractivity contribution in [3.8, 4) is 0 Å². The van der Waals surface area contributed by atoms with Gasteiger partial charge in [0, 0.05) is 5.92 Å². The zero-order chi connectivity index (χ0) is 14.0. The SMILES string of the molecule is CC1=CCCC(C)(C)C1/C=C/C(C)OS(=O)(=O)O. The Morgan fingerprint density at radius 1 is 1.56 bits per heavy atom. The summed E-state index contributed by atoms with van der Waals surface area (Å²) in [4.78, 5) is 0. The van der Waals surface area contributed by atoms with Crippen molar-refractivity contribution in [3.63, 3.8) is 0 Å². The summed E-state index contributed by atoms with van der Waals surface area (Å²) >= 11 is 0. The van der Waals surface area contributed by atoms with Gasteiger partial charge in [-0.15, -0.1) is 0 Å². The van der Waals surface area contributed by atoms with Crippen molar-refractivity contribution in [2.75, 3.05) is 0 Å². The van der Waals surface area contributed by atoms with Gasteiger partial charge in [0.05, 0.1) is 6.10 Å². The van der Waals surface area contributed by atoms with Crippen LogP contribution in [0.2, 0.25) is 0 Å². The van der Waals surface area contributed by atoms with E-state index in [0.717, 1.165) is 12.8 Å². The Labute approximate surface area is 110 Å². The summed E-state index contributed by atoms with van der Waals surface area (Å²) in [5.74, 6) is 0.277. The van der Waals surface area contributed by atoms with Crippen molar-refractivity contribution in [3.05, 3.63) is 23.8 Å². The molecule has 0 fully saturated rings. The van der Waals surface area contributed by atoms with Crippen LogP contribution in [0.1, 0.15) is 40.5 Å². The minimum Gasteiger partial charge on any atom is -0.264 e. The first-order valence-electron chi connectivity index (χ1n) is 6.12. The minimum atomic E-state index is -4.38. The zero-order valence-electron chi connectivity index (χ0n) is 11.4. The van der Waals surface area contributed by atoms with E-state index >= 15 is 0 Å². The molecule has 0 aliphatic heterocycles. The van der Waals surface area contributed by atoms with E-state index in [1.54, 1.807) is 13.0 Å². The Kier molecular flexibility index (Phi) is 4.75. The quantitative estimate of drug-likeness (QED) is 0.632. The molecule has 1 N–H and O–H groups in total. The fraction of sp³-hybridized carbons (Fsp3) is 0.692. The lowest BCUT2D eigenvalue weighted by Gasteiger charge is -2.36. The highest BCUT2D eigenvalue weighted by atomic mass is 32.3. The second-order valence-corrected chi connectivity index (χ2v) is 6.61. The summed E-state index contributed by atoms with van der Waals surface area (Å²) < 4.78 is 34.2. The molecule has 0 radical (unpaired) electrons. The number of hydrogen-bond donors (Lipinski definition) is 1. The summed E-state index contributed by atoms with van der Waals surface area (Å²) in [6, 6.07) is 0. The minimum absolute atomic E-state index is 0.160. The van der Waals surface area contributed by atoms with Gasteiger partial charge >= 0.3 is 10.4 Å². The lowest BCUT2D eigenvalue weighted by Crippen LogP contribution is -2.26. The molecule has 0 saturated heterocycles. The average Bonchev–Trinajstić information content (AvgIpc) is 2.12. The topological polar surface area (TPSA) is 63.6 Å². The van der Waals surface area contributed by atoms with Crippen LogP contribution in [0.15, 0.2) is 23.8 Å². The second kappa shape index (κ2) is 5.55. The maximum Gasteiger partial charge on any atom is 0.397 e. The first kappa shape index (κ1) is 15.4. The van der Waals surface area contributed by atoms with E-state index in [2.05, 4.69) is 31.0 Å². The number of rotatable bonds is 4. The van der Waals surface area contributed by atoms with Crippen LogP contribution >= 0.6 is 0 Å². The van der Waals surface area contributed by atoms with Crippen molar-refractivity contribution in [2.24, 2.45) is 11.3 Å². The van der Waals surface area contributed by atoms with Crippen LogP contribution in [0, 0.1) is 11.3 Å². The largest absolute Gasteiger partial charge is 0.397 e. The Hall–Kier alpha value is -0.650. The maximum atomic E-state index is 10.6. The average molecular weight is 274 g/mol. The van der Waals surface area contributed by atoms with E-state index in [9.17, 15) is 8.42 Å². The standard InChI is InChI=1S/C13H22O4S/c1-10-6-5-9-13(3,4)12(10)8-7-11(2)17-18(14,15)16/h6-8,11-12H,5,9H2,1-4H3,(H,14,15,16)/b8-7+. The molecule has 0 aromatic carbocycles. The molecule has 0 amide bonds. The third kappa shape index (κ3) is 4.55. The second-order valence-electron chi connectivity index (χ2n) is 5.57. The van der Waals surface area contributed by atoms with Gasteiger partial charge in [0.1, 0.15) is 0 Å². The van der Waals surface area contributed by atoms with Crippen LogP contribution in [0.5, 0.6) is 0 Å². The van der Waals surface area contributed by atoms with Gasteiger partial charge in [0.2, 0.25) is 0 Å². The van der Waals surface area contributed by atoms with Crippen LogP contribution in [-0.2, 0) is 14.6 Å². The molecular weight excluding hydrogens is 252 g/mol. The van der Waals surface area contributed by atoms with Crippen LogP contribution in [0.3, 0.4) is 0 Å². The Bertz CT molecular complexity index is 446. The van der Waals surface area contributed by atoms with Gasteiger partial charge in [-0.25, -0.2) is 4.18 Å². The lowest BCUT2D eigenvalue weighted by atomic mass is 9.68. The summed E-state index contributed by atoms with van der Waals surface area (Å²) in [5.41, 5.74) is 1.45. The molecule has 0 saturated carbocycles. The molecule has 0 aromatic heterocycles. The van der Waals surface area contributed by atoms with Gasteiger partial charge in [-0.2, -0.15) is 8.42 Å². The fourth-order valence-corrected chi connectivity index (χ4v) is 2.92. The van der Waals surface area contributed by atoms with Crippen LogP contribution in [0.4, 0.5) is 0 Å². The molecule has 18 heavy (non-hydrogen) atoms. The van der Waals surface area contributed by atoms with Gasteiger partial charge in [-0.3, -0.25) is 4.55 Å². The highest BCUT2D eigenvalue weighted by Crippen LogP contribution is 2.41. The van der Waals surface area contributed by atoms with E-state index < -0.39 is 16.5 Å². The van der Waals surface area contributed by atoms with Crippen LogP contribution in [0.25, 0.3) is 0 Å². The smallest absolute Gasteiger partial charge is 0.264 e. The van der Waals surface area contributed by atoms with E-state index in [1.807, 2.05) is 6.08 Å². The van der Waals surface area contributed by atoms with E-state index in [-0.39, 0.29) is 11.3 Å².